The van der Waals surface area contributed by atoms with Crippen LogP contribution in [0.3, 0.4) is 0 Å². The molecule has 4 N–H and O–H groups in total. The van der Waals surface area contributed by atoms with Crippen LogP contribution in [-0.4, -0.2) is 29.8 Å². The van der Waals surface area contributed by atoms with Crippen molar-refractivity contribution in [3.8, 4) is 0 Å². The van der Waals surface area contributed by atoms with Crippen LogP contribution in [0.1, 0.15) is 58.8 Å². The first kappa shape index (κ1) is 14.3. The van der Waals surface area contributed by atoms with Gasteiger partial charge in [0.2, 0.25) is 0 Å². The molecular formula is C15H30N2O. The second-order valence-electron chi connectivity index (χ2n) is 7.30. The Morgan fingerprint density at radius 1 is 1.22 bits per heavy atom. The highest BCUT2D eigenvalue weighted by molar-refractivity contribution is 5.01. The van der Waals surface area contributed by atoms with Crippen molar-refractivity contribution in [1.82, 2.24) is 5.32 Å². The standard InChI is InChI=1S/C15H30N2O/c1-14(2)7-4-8-15(10-14,11-16)17-13-6-3-5-12(13)9-18/h12-13,17-18H,3-11,16H2,1-2H3. The summed E-state index contributed by atoms with van der Waals surface area (Å²) in [5, 5.41) is 13.3. The van der Waals surface area contributed by atoms with Gasteiger partial charge in [0.15, 0.2) is 0 Å². The molecule has 106 valence electrons. The molecule has 2 aliphatic rings. The van der Waals surface area contributed by atoms with Crippen LogP contribution in [0.2, 0.25) is 0 Å². The minimum absolute atomic E-state index is 0.115. The fourth-order valence-corrected chi connectivity index (χ4v) is 4.19. The smallest absolute Gasteiger partial charge is 0.0474 e. The fraction of sp³-hybridized carbons (Fsp3) is 1.00. The van der Waals surface area contributed by atoms with E-state index >= 15 is 0 Å². The van der Waals surface area contributed by atoms with Crippen molar-refractivity contribution in [3.63, 3.8) is 0 Å². The third-order valence-corrected chi connectivity index (χ3v) is 5.10. The lowest BCUT2D eigenvalue weighted by molar-refractivity contribution is 0.0979. The van der Waals surface area contributed by atoms with Crippen molar-refractivity contribution in [1.29, 1.82) is 0 Å². The van der Waals surface area contributed by atoms with Gasteiger partial charge < -0.3 is 16.2 Å². The van der Waals surface area contributed by atoms with E-state index in [1.165, 1.54) is 38.5 Å². The molecule has 0 spiro atoms. The van der Waals surface area contributed by atoms with E-state index in [1.54, 1.807) is 0 Å². The molecule has 3 atom stereocenters. The molecule has 0 heterocycles. The van der Waals surface area contributed by atoms with Crippen LogP contribution in [0, 0.1) is 11.3 Å². The number of aliphatic hydroxyl groups is 1. The number of hydrogen-bond donors (Lipinski definition) is 3. The predicted octanol–water partition coefficient (Wildman–Crippen LogP) is 2.03. The topological polar surface area (TPSA) is 58.3 Å². The van der Waals surface area contributed by atoms with Crippen LogP contribution >= 0.6 is 0 Å². The molecule has 0 aromatic carbocycles. The van der Waals surface area contributed by atoms with Gasteiger partial charge in [-0.2, -0.15) is 0 Å². The van der Waals surface area contributed by atoms with Gasteiger partial charge in [-0.05, 0) is 43.4 Å². The highest BCUT2D eigenvalue weighted by Gasteiger charge is 2.41. The summed E-state index contributed by atoms with van der Waals surface area (Å²) < 4.78 is 0. The molecule has 0 aliphatic heterocycles. The molecule has 0 bridgehead atoms. The zero-order valence-electron chi connectivity index (χ0n) is 12.0. The van der Waals surface area contributed by atoms with Crippen LogP contribution in [0.15, 0.2) is 0 Å². The lowest BCUT2D eigenvalue weighted by Crippen LogP contribution is -2.59. The van der Waals surface area contributed by atoms with Crippen LogP contribution < -0.4 is 11.1 Å². The van der Waals surface area contributed by atoms with Crippen molar-refractivity contribution in [2.75, 3.05) is 13.2 Å². The third kappa shape index (κ3) is 3.06. The van der Waals surface area contributed by atoms with Crippen molar-refractivity contribution in [3.05, 3.63) is 0 Å². The van der Waals surface area contributed by atoms with Crippen LogP contribution in [-0.2, 0) is 0 Å². The number of nitrogens with one attached hydrogen (secondary N) is 1. The summed E-state index contributed by atoms with van der Waals surface area (Å²) >= 11 is 0. The van der Waals surface area contributed by atoms with Gasteiger partial charge in [0.05, 0.1) is 0 Å². The van der Waals surface area contributed by atoms with Crippen LogP contribution in [0.25, 0.3) is 0 Å². The average Bonchev–Trinajstić information content (AvgIpc) is 2.74. The predicted molar refractivity (Wildman–Crippen MR) is 75.4 cm³/mol. The van der Waals surface area contributed by atoms with Crippen molar-refractivity contribution in [2.24, 2.45) is 17.1 Å². The van der Waals surface area contributed by atoms with E-state index in [4.69, 9.17) is 5.73 Å². The van der Waals surface area contributed by atoms with Gasteiger partial charge in [0.1, 0.15) is 0 Å². The van der Waals surface area contributed by atoms with E-state index in [-0.39, 0.29) is 5.54 Å². The van der Waals surface area contributed by atoms with Crippen LogP contribution in [0.4, 0.5) is 0 Å². The monoisotopic (exact) mass is 254 g/mol. The van der Waals surface area contributed by atoms with E-state index < -0.39 is 0 Å². The second-order valence-corrected chi connectivity index (χ2v) is 7.30. The summed E-state index contributed by atoms with van der Waals surface area (Å²) in [5.74, 6) is 0.443. The Hall–Kier alpha value is -0.120. The Kier molecular flexibility index (Phi) is 4.35. The van der Waals surface area contributed by atoms with Gasteiger partial charge >= 0.3 is 0 Å². The maximum atomic E-state index is 9.45. The quantitative estimate of drug-likeness (QED) is 0.719. The molecule has 3 heteroatoms. The van der Waals surface area contributed by atoms with Gasteiger partial charge in [-0.1, -0.05) is 26.7 Å². The molecule has 0 radical (unpaired) electrons. The lowest BCUT2D eigenvalue weighted by Gasteiger charge is -2.47. The Morgan fingerprint density at radius 2 is 2.00 bits per heavy atom. The third-order valence-electron chi connectivity index (χ3n) is 5.10. The first-order valence-corrected chi connectivity index (χ1v) is 7.59. The number of rotatable bonds is 4. The summed E-state index contributed by atoms with van der Waals surface area (Å²) in [6.45, 7) is 5.76. The Morgan fingerprint density at radius 3 is 2.61 bits per heavy atom. The molecule has 3 unspecified atom stereocenters. The molecule has 0 aromatic rings. The second kappa shape index (κ2) is 5.48. The normalized spacial score (nSPS) is 40.0. The maximum Gasteiger partial charge on any atom is 0.0474 e. The van der Waals surface area contributed by atoms with Crippen molar-refractivity contribution >= 4 is 0 Å². The highest BCUT2D eigenvalue weighted by atomic mass is 16.3. The minimum atomic E-state index is 0.115. The SMILES string of the molecule is CC1(C)CCCC(CN)(NC2CCCC2CO)C1. The summed E-state index contributed by atoms with van der Waals surface area (Å²) in [4.78, 5) is 0. The van der Waals surface area contributed by atoms with Gasteiger partial charge in [0, 0.05) is 24.7 Å². The molecule has 3 nitrogen and oxygen atoms in total. The van der Waals surface area contributed by atoms with Crippen molar-refractivity contribution < 1.29 is 5.11 Å². The average molecular weight is 254 g/mol. The van der Waals surface area contributed by atoms with E-state index in [9.17, 15) is 5.11 Å². The molecule has 0 saturated heterocycles. The number of nitrogens with two attached hydrogens (primary N) is 1. The summed E-state index contributed by atoms with van der Waals surface area (Å²) in [6, 6.07) is 0.479. The number of hydrogen-bond acceptors (Lipinski definition) is 3. The molecular weight excluding hydrogens is 224 g/mol. The Balaban J connectivity index is 2.03. The lowest BCUT2D eigenvalue weighted by atomic mass is 9.67. The first-order chi connectivity index (χ1) is 8.50. The van der Waals surface area contributed by atoms with Gasteiger partial charge in [0.25, 0.3) is 0 Å². The Bertz CT molecular complexity index is 280. The zero-order valence-corrected chi connectivity index (χ0v) is 12.0. The molecule has 2 rings (SSSR count). The molecule has 18 heavy (non-hydrogen) atoms. The molecule has 0 amide bonds. The molecule has 2 aliphatic carbocycles. The highest BCUT2D eigenvalue weighted by Crippen LogP contribution is 2.41. The minimum Gasteiger partial charge on any atom is -0.396 e. The first-order valence-electron chi connectivity index (χ1n) is 7.59. The Labute approximate surface area is 112 Å². The molecule has 0 aromatic heterocycles. The van der Waals surface area contributed by atoms with E-state index in [2.05, 4.69) is 19.2 Å². The van der Waals surface area contributed by atoms with E-state index in [0.29, 0.717) is 24.0 Å². The van der Waals surface area contributed by atoms with Gasteiger partial charge in [-0.3, -0.25) is 0 Å². The van der Waals surface area contributed by atoms with E-state index in [1.807, 2.05) is 0 Å². The molecule has 2 saturated carbocycles. The summed E-state index contributed by atoms with van der Waals surface area (Å²) in [7, 11) is 0. The fourth-order valence-electron chi connectivity index (χ4n) is 4.19. The van der Waals surface area contributed by atoms with Gasteiger partial charge in [-0.15, -0.1) is 0 Å². The summed E-state index contributed by atoms with van der Waals surface area (Å²) in [6.07, 6.45) is 8.56. The number of aliphatic hydroxyl groups excluding tert-OH is 1. The largest absolute Gasteiger partial charge is 0.396 e. The zero-order chi connectivity index (χ0) is 13.2. The van der Waals surface area contributed by atoms with Crippen molar-refractivity contribution in [2.45, 2.75) is 70.4 Å². The summed E-state index contributed by atoms with van der Waals surface area (Å²) in [5.41, 5.74) is 6.62. The van der Waals surface area contributed by atoms with E-state index in [0.717, 1.165) is 13.0 Å². The molecule has 2 fully saturated rings. The van der Waals surface area contributed by atoms with Gasteiger partial charge in [-0.25, -0.2) is 0 Å². The van der Waals surface area contributed by atoms with Crippen LogP contribution in [0.5, 0.6) is 0 Å². The maximum absolute atomic E-state index is 9.45.